The van der Waals surface area contributed by atoms with E-state index in [1.165, 1.54) is 12.1 Å². The molecular weight excluding hydrogens is 253 g/mol. The number of carboxylic acids is 1. The summed E-state index contributed by atoms with van der Waals surface area (Å²) in [4.78, 5) is 10.8. The van der Waals surface area contributed by atoms with Crippen LogP contribution in [0, 0.1) is 5.82 Å². The first-order valence-corrected chi connectivity index (χ1v) is 5.55. The van der Waals surface area contributed by atoms with E-state index < -0.39 is 11.8 Å². The van der Waals surface area contributed by atoms with Crippen molar-refractivity contribution in [3.05, 3.63) is 53.2 Å². The van der Waals surface area contributed by atoms with Gasteiger partial charge in [-0.1, -0.05) is 0 Å². The summed E-state index contributed by atoms with van der Waals surface area (Å²) in [5, 5.41) is 20.4. The number of aliphatic hydroxyl groups is 1. The van der Waals surface area contributed by atoms with E-state index in [0.29, 0.717) is 11.5 Å². The molecule has 0 aliphatic rings. The maximum Gasteiger partial charge on any atom is 0.335 e. The minimum atomic E-state index is -1.12. The number of nitrogens with one attached hydrogen (secondary N) is 1. The number of halogens is 1. The highest BCUT2D eigenvalue weighted by Crippen LogP contribution is 2.18. The molecule has 6 heteroatoms. The van der Waals surface area contributed by atoms with E-state index in [2.05, 4.69) is 5.32 Å². The summed E-state index contributed by atoms with van der Waals surface area (Å²) in [6.45, 7) is -0.0111. The molecule has 0 unspecified atom stereocenters. The molecule has 0 saturated heterocycles. The van der Waals surface area contributed by atoms with Crippen molar-refractivity contribution >= 4 is 11.7 Å². The second-order valence-electron chi connectivity index (χ2n) is 3.88. The number of hydrogen-bond acceptors (Lipinski definition) is 4. The molecule has 0 bridgehead atoms. The Bertz CT molecular complexity index is 594. The van der Waals surface area contributed by atoms with Crippen LogP contribution in [-0.2, 0) is 13.2 Å². The number of benzene rings is 1. The first-order valence-electron chi connectivity index (χ1n) is 5.55. The number of hydrogen-bond donors (Lipinski definition) is 3. The lowest BCUT2D eigenvalue weighted by Gasteiger charge is -2.06. The van der Waals surface area contributed by atoms with Crippen LogP contribution in [0.1, 0.15) is 21.9 Å². The summed E-state index contributed by atoms with van der Waals surface area (Å²) < 4.78 is 18.7. The molecule has 0 aliphatic heterocycles. The second-order valence-corrected chi connectivity index (χ2v) is 3.88. The monoisotopic (exact) mass is 265 g/mol. The van der Waals surface area contributed by atoms with Gasteiger partial charge in [-0.15, -0.1) is 0 Å². The minimum absolute atomic E-state index is 0.000563. The summed E-state index contributed by atoms with van der Waals surface area (Å²) in [5.74, 6) is -0.733. The van der Waals surface area contributed by atoms with Gasteiger partial charge in [0.1, 0.15) is 23.9 Å². The molecule has 0 saturated carbocycles. The van der Waals surface area contributed by atoms with Gasteiger partial charge in [0.25, 0.3) is 0 Å². The highest BCUT2D eigenvalue weighted by Gasteiger charge is 2.09. The predicted molar refractivity (Wildman–Crippen MR) is 65.3 cm³/mol. The number of aliphatic hydroxyl groups excluding tert-OH is 1. The highest BCUT2D eigenvalue weighted by atomic mass is 19.1. The summed E-state index contributed by atoms with van der Waals surface area (Å²) in [7, 11) is 0. The van der Waals surface area contributed by atoms with E-state index in [1.807, 2.05) is 0 Å². The Balaban J connectivity index is 2.10. The lowest BCUT2D eigenvalue weighted by molar-refractivity contribution is 0.0697. The molecule has 5 nitrogen and oxygen atoms in total. The predicted octanol–water partition coefficient (Wildman–Crippen LogP) is 2.22. The fraction of sp³-hybridized carbons (Fsp3) is 0.154. The third kappa shape index (κ3) is 3.11. The van der Waals surface area contributed by atoms with E-state index in [-0.39, 0.29) is 24.4 Å². The van der Waals surface area contributed by atoms with Gasteiger partial charge in [0.05, 0.1) is 17.8 Å². The molecule has 1 heterocycles. The number of carboxylic acid groups (broad SMARTS) is 1. The van der Waals surface area contributed by atoms with Crippen LogP contribution < -0.4 is 5.32 Å². The van der Waals surface area contributed by atoms with Crippen LogP contribution in [0.3, 0.4) is 0 Å². The smallest absolute Gasteiger partial charge is 0.335 e. The molecule has 1 aromatic carbocycles. The zero-order valence-corrected chi connectivity index (χ0v) is 9.89. The Morgan fingerprint density at radius 2 is 2.00 bits per heavy atom. The number of aromatic carboxylic acids is 1. The van der Waals surface area contributed by atoms with Gasteiger partial charge in [0, 0.05) is 0 Å². The zero-order chi connectivity index (χ0) is 13.8. The minimum Gasteiger partial charge on any atom is -0.478 e. The Kier molecular flexibility index (Phi) is 3.82. The van der Waals surface area contributed by atoms with E-state index >= 15 is 0 Å². The molecule has 0 atom stereocenters. The molecule has 2 rings (SSSR count). The third-order valence-corrected chi connectivity index (χ3v) is 2.54. The number of furan rings is 1. The van der Waals surface area contributed by atoms with Crippen molar-refractivity contribution < 1.29 is 23.8 Å². The van der Waals surface area contributed by atoms with Crippen molar-refractivity contribution in [1.29, 1.82) is 0 Å². The second kappa shape index (κ2) is 5.53. The van der Waals surface area contributed by atoms with Crippen LogP contribution in [0.25, 0.3) is 0 Å². The average molecular weight is 265 g/mol. The Morgan fingerprint density at radius 1 is 1.26 bits per heavy atom. The molecule has 3 N–H and O–H groups in total. The van der Waals surface area contributed by atoms with Gasteiger partial charge in [-0.25, -0.2) is 9.18 Å². The topological polar surface area (TPSA) is 82.7 Å². The lowest BCUT2D eigenvalue weighted by Crippen LogP contribution is -2.03. The zero-order valence-electron chi connectivity index (χ0n) is 9.89. The van der Waals surface area contributed by atoms with E-state index in [0.717, 1.165) is 6.07 Å². The van der Waals surface area contributed by atoms with Crippen LogP contribution in [0.4, 0.5) is 10.1 Å². The van der Waals surface area contributed by atoms with Crippen molar-refractivity contribution in [2.75, 3.05) is 5.32 Å². The largest absolute Gasteiger partial charge is 0.478 e. The molecule has 0 fully saturated rings. The number of carbonyl (C=O) groups is 1. The molecule has 0 spiro atoms. The third-order valence-electron chi connectivity index (χ3n) is 2.54. The first kappa shape index (κ1) is 13.1. The molecule has 1 aromatic heterocycles. The summed E-state index contributed by atoms with van der Waals surface area (Å²) in [5.41, 5.74) is 0.0845. The van der Waals surface area contributed by atoms with Crippen LogP contribution in [-0.4, -0.2) is 16.2 Å². The van der Waals surface area contributed by atoms with Crippen LogP contribution in [0.5, 0.6) is 0 Å². The van der Waals surface area contributed by atoms with Crippen molar-refractivity contribution in [3.8, 4) is 0 Å². The van der Waals surface area contributed by atoms with E-state index in [4.69, 9.17) is 14.6 Å². The highest BCUT2D eigenvalue weighted by molar-refractivity contribution is 5.88. The maximum absolute atomic E-state index is 13.5. The van der Waals surface area contributed by atoms with Gasteiger partial charge in [0.15, 0.2) is 0 Å². The number of rotatable bonds is 5. The van der Waals surface area contributed by atoms with Crippen molar-refractivity contribution in [1.82, 2.24) is 0 Å². The maximum atomic E-state index is 13.5. The Hall–Kier alpha value is -2.34. The Labute approximate surface area is 108 Å². The average Bonchev–Trinajstić information content (AvgIpc) is 2.85. The molecule has 100 valence electrons. The SMILES string of the molecule is O=C(O)c1ccc(F)c(NCc2ccc(CO)o2)c1. The molecule has 2 aromatic rings. The van der Waals surface area contributed by atoms with Gasteiger partial charge in [-0.3, -0.25) is 0 Å². The molecular formula is C13H12FNO4. The standard InChI is InChI=1S/C13H12FNO4/c14-11-4-1-8(13(17)18)5-12(11)15-6-9-2-3-10(7-16)19-9/h1-5,15-16H,6-7H2,(H,17,18). The lowest BCUT2D eigenvalue weighted by atomic mass is 10.2. The first-order chi connectivity index (χ1) is 9.10. The fourth-order valence-electron chi connectivity index (χ4n) is 1.58. The quantitative estimate of drug-likeness (QED) is 0.772. The normalized spacial score (nSPS) is 10.4. The van der Waals surface area contributed by atoms with Crippen LogP contribution >= 0.6 is 0 Å². The summed E-state index contributed by atoms with van der Waals surface area (Å²) >= 11 is 0. The van der Waals surface area contributed by atoms with E-state index in [1.54, 1.807) is 12.1 Å². The number of anilines is 1. The van der Waals surface area contributed by atoms with Gasteiger partial charge in [-0.05, 0) is 30.3 Å². The van der Waals surface area contributed by atoms with E-state index in [9.17, 15) is 9.18 Å². The van der Waals surface area contributed by atoms with Crippen LogP contribution in [0.2, 0.25) is 0 Å². The summed E-state index contributed by atoms with van der Waals surface area (Å²) in [6.07, 6.45) is 0. The Morgan fingerprint density at radius 3 is 2.63 bits per heavy atom. The van der Waals surface area contributed by atoms with Crippen molar-refractivity contribution in [3.63, 3.8) is 0 Å². The van der Waals surface area contributed by atoms with Crippen LogP contribution in [0.15, 0.2) is 34.7 Å². The molecule has 19 heavy (non-hydrogen) atoms. The van der Waals surface area contributed by atoms with Gasteiger partial charge < -0.3 is 19.9 Å². The van der Waals surface area contributed by atoms with Gasteiger partial charge in [0.2, 0.25) is 0 Å². The fourth-order valence-corrected chi connectivity index (χ4v) is 1.58. The molecule has 0 radical (unpaired) electrons. The van der Waals surface area contributed by atoms with Crippen molar-refractivity contribution in [2.45, 2.75) is 13.2 Å². The molecule has 0 amide bonds. The summed E-state index contributed by atoms with van der Waals surface area (Å²) in [6, 6.07) is 6.76. The molecule has 0 aliphatic carbocycles. The van der Waals surface area contributed by atoms with Gasteiger partial charge >= 0.3 is 5.97 Å². The van der Waals surface area contributed by atoms with Gasteiger partial charge in [-0.2, -0.15) is 0 Å². The van der Waals surface area contributed by atoms with Crippen molar-refractivity contribution in [2.24, 2.45) is 0 Å².